The van der Waals surface area contributed by atoms with Crippen LogP contribution in [0.4, 0.5) is 4.79 Å². The standard InChI is InChI=1S/C24H29NO4Si/c1-5-24(28)17-16-19(25(24)22(26)27)18-29-30(23(2,3)4,20-12-8-6-9-13-20)21-14-10-7-11-15-21/h1,6-15,19,28H,16-18H2,2-4H3,(H,26,27)/t19-,24?/m0/s1. The lowest BCUT2D eigenvalue weighted by Gasteiger charge is -2.44. The monoisotopic (exact) mass is 423 g/mol. The molecular formula is C24H29NO4Si. The highest BCUT2D eigenvalue weighted by Gasteiger charge is 2.53. The predicted molar refractivity (Wildman–Crippen MR) is 120 cm³/mol. The normalized spacial score (nSPS) is 22.0. The Kier molecular flexibility index (Phi) is 6.09. The number of nitrogens with zero attached hydrogens (tertiary/aromatic N) is 1. The Morgan fingerprint density at radius 1 is 1.17 bits per heavy atom. The zero-order valence-corrected chi connectivity index (χ0v) is 18.7. The average Bonchev–Trinajstić information content (AvgIpc) is 3.06. The highest BCUT2D eigenvalue weighted by atomic mass is 28.4. The maximum Gasteiger partial charge on any atom is 0.410 e. The fourth-order valence-electron chi connectivity index (χ4n) is 4.52. The molecule has 0 saturated carbocycles. The van der Waals surface area contributed by atoms with Crippen molar-refractivity contribution < 1.29 is 19.4 Å². The summed E-state index contributed by atoms with van der Waals surface area (Å²) >= 11 is 0. The highest BCUT2D eigenvalue weighted by Crippen LogP contribution is 2.38. The van der Waals surface area contributed by atoms with E-state index in [1.807, 2.05) is 36.4 Å². The van der Waals surface area contributed by atoms with Crippen LogP contribution >= 0.6 is 0 Å². The van der Waals surface area contributed by atoms with Gasteiger partial charge in [-0.3, -0.25) is 4.90 Å². The van der Waals surface area contributed by atoms with Gasteiger partial charge in [-0.05, 0) is 27.8 Å². The van der Waals surface area contributed by atoms with Gasteiger partial charge in [-0.2, -0.15) is 0 Å². The number of benzene rings is 2. The molecule has 1 aliphatic heterocycles. The number of aliphatic hydroxyl groups is 1. The molecule has 2 aromatic rings. The van der Waals surface area contributed by atoms with Gasteiger partial charge >= 0.3 is 6.09 Å². The summed E-state index contributed by atoms with van der Waals surface area (Å²) < 4.78 is 6.82. The first kappa shape index (κ1) is 22.1. The van der Waals surface area contributed by atoms with Gasteiger partial charge in [-0.1, -0.05) is 81.4 Å². The topological polar surface area (TPSA) is 70.0 Å². The van der Waals surface area contributed by atoms with Crippen LogP contribution in [-0.2, 0) is 4.43 Å². The molecule has 0 bridgehead atoms. The van der Waals surface area contributed by atoms with Gasteiger partial charge in [-0.15, -0.1) is 6.42 Å². The van der Waals surface area contributed by atoms with Crippen LogP contribution in [0.15, 0.2) is 60.7 Å². The zero-order chi connectivity index (χ0) is 22.0. The van der Waals surface area contributed by atoms with Crippen LogP contribution in [0.3, 0.4) is 0 Å². The lowest BCUT2D eigenvalue weighted by molar-refractivity contribution is -0.0363. The molecule has 158 valence electrons. The smallest absolute Gasteiger partial charge is 0.410 e. The molecule has 1 aliphatic rings. The molecular weight excluding hydrogens is 394 g/mol. The molecule has 2 N–H and O–H groups in total. The van der Waals surface area contributed by atoms with E-state index >= 15 is 0 Å². The zero-order valence-electron chi connectivity index (χ0n) is 17.7. The van der Waals surface area contributed by atoms with Gasteiger partial charge in [0.25, 0.3) is 8.32 Å². The molecule has 1 saturated heterocycles. The second kappa shape index (κ2) is 8.27. The number of carbonyl (C=O) groups is 1. The first-order valence-corrected chi connectivity index (χ1v) is 12.0. The molecule has 0 aliphatic carbocycles. The van der Waals surface area contributed by atoms with E-state index in [9.17, 15) is 15.0 Å². The number of terminal acetylenes is 1. The number of carboxylic acid groups (broad SMARTS) is 1. The van der Waals surface area contributed by atoms with Crippen molar-refractivity contribution in [3.8, 4) is 12.3 Å². The van der Waals surface area contributed by atoms with Crippen LogP contribution in [0, 0.1) is 12.3 Å². The molecule has 0 aromatic heterocycles. The van der Waals surface area contributed by atoms with Gasteiger partial charge < -0.3 is 14.6 Å². The number of rotatable bonds is 5. The lowest BCUT2D eigenvalue weighted by atomic mass is 10.1. The third-order valence-electron chi connectivity index (χ3n) is 5.94. The molecule has 1 fully saturated rings. The number of hydrogen-bond donors (Lipinski definition) is 2. The van der Waals surface area contributed by atoms with Crippen molar-refractivity contribution in [3.63, 3.8) is 0 Å². The quantitative estimate of drug-likeness (QED) is 0.573. The van der Waals surface area contributed by atoms with E-state index in [2.05, 4.69) is 51.0 Å². The van der Waals surface area contributed by atoms with Crippen LogP contribution in [-0.4, -0.2) is 47.9 Å². The predicted octanol–water partition coefficient (Wildman–Crippen LogP) is 3.03. The Balaban J connectivity index is 2.05. The minimum Gasteiger partial charge on any atom is -0.465 e. The van der Waals surface area contributed by atoms with E-state index in [4.69, 9.17) is 10.8 Å². The molecule has 0 radical (unpaired) electrons. The maximum atomic E-state index is 11.9. The van der Waals surface area contributed by atoms with Crippen molar-refractivity contribution in [2.75, 3.05) is 6.61 Å². The number of hydrogen-bond acceptors (Lipinski definition) is 3. The van der Waals surface area contributed by atoms with Crippen LogP contribution in [0.25, 0.3) is 0 Å². The summed E-state index contributed by atoms with van der Waals surface area (Å²) in [5, 5.41) is 22.3. The maximum absolute atomic E-state index is 11.9. The second-order valence-corrected chi connectivity index (χ2v) is 13.1. The molecule has 5 nitrogen and oxygen atoms in total. The van der Waals surface area contributed by atoms with Crippen LogP contribution in [0.2, 0.25) is 5.04 Å². The SMILES string of the molecule is C#CC1(O)CC[C@@H](CO[Si](c2ccccc2)(c2ccccc2)C(C)(C)C)N1C(=O)O. The van der Waals surface area contributed by atoms with Crippen molar-refractivity contribution in [3.05, 3.63) is 60.7 Å². The minimum atomic E-state index is -2.79. The van der Waals surface area contributed by atoms with Crippen molar-refractivity contribution in [1.29, 1.82) is 0 Å². The summed E-state index contributed by atoms with van der Waals surface area (Å²) in [4.78, 5) is 12.9. The molecule has 30 heavy (non-hydrogen) atoms. The Bertz CT molecular complexity index is 880. The summed E-state index contributed by atoms with van der Waals surface area (Å²) in [6.45, 7) is 6.67. The van der Waals surface area contributed by atoms with Crippen molar-refractivity contribution in [1.82, 2.24) is 4.90 Å². The van der Waals surface area contributed by atoms with E-state index < -0.39 is 26.2 Å². The third kappa shape index (κ3) is 3.76. The van der Waals surface area contributed by atoms with E-state index in [1.54, 1.807) is 0 Å². The number of likely N-dealkylation sites (tertiary alicyclic amines) is 1. The molecule has 1 heterocycles. The van der Waals surface area contributed by atoms with Gasteiger partial charge in [0.15, 0.2) is 0 Å². The van der Waals surface area contributed by atoms with E-state index in [0.29, 0.717) is 6.42 Å². The largest absolute Gasteiger partial charge is 0.465 e. The Morgan fingerprint density at radius 3 is 2.07 bits per heavy atom. The molecule has 0 spiro atoms. The van der Waals surface area contributed by atoms with Crippen LogP contribution < -0.4 is 10.4 Å². The van der Waals surface area contributed by atoms with Crippen molar-refractivity contribution >= 4 is 24.8 Å². The second-order valence-electron chi connectivity index (χ2n) is 8.78. The van der Waals surface area contributed by atoms with Gasteiger partial charge in [0.1, 0.15) is 0 Å². The Hall–Kier alpha value is -2.59. The molecule has 1 unspecified atom stereocenters. The van der Waals surface area contributed by atoms with Gasteiger partial charge in [0, 0.05) is 6.42 Å². The summed E-state index contributed by atoms with van der Waals surface area (Å²) in [6, 6.07) is 19.8. The van der Waals surface area contributed by atoms with E-state index in [0.717, 1.165) is 15.3 Å². The highest BCUT2D eigenvalue weighted by molar-refractivity contribution is 6.99. The number of amides is 1. The van der Waals surface area contributed by atoms with Gasteiger partial charge in [-0.25, -0.2) is 4.79 Å². The van der Waals surface area contributed by atoms with Gasteiger partial charge in [0.2, 0.25) is 5.72 Å². The molecule has 1 amide bonds. The summed E-state index contributed by atoms with van der Waals surface area (Å²) in [5.41, 5.74) is -1.79. The first-order chi connectivity index (χ1) is 14.2. The molecule has 3 rings (SSSR count). The lowest BCUT2D eigenvalue weighted by Crippen LogP contribution is -2.67. The summed E-state index contributed by atoms with van der Waals surface area (Å²) in [6.07, 6.45) is 4.87. The van der Waals surface area contributed by atoms with Crippen LogP contribution in [0.5, 0.6) is 0 Å². The molecule has 6 heteroatoms. The van der Waals surface area contributed by atoms with Crippen molar-refractivity contribution in [2.45, 2.75) is 50.4 Å². The average molecular weight is 424 g/mol. The Labute approximate surface area is 179 Å². The minimum absolute atomic E-state index is 0.170. The molecule has 2 atom stereocenters. The van der Waals surface area contributed by atoms with E-state index in [1.165, 1.54) is 0 Å². The van der Waals surface area contributed by atoms with Crippen LogP contribution in [0.1, 0.15) is 33.6 Å². The van der Waals surface area contributed by atoms with E-state index in [-0.39, 0.29) is 18.1 Å². The fraction of sp³-hybridized carbons (Fsp3) is 0.375. The molecule has 2 aromatic carbocycles. The van der Waals surface area contributed by atoms with Crippen molar-refractivity contribution in [2.24, 2.45) is 0 Å². The third-order valence-corrected chi connectivity index (χ3v) is 10.9. The fourth-order valence-corrected chi connectivity index (χ4v) is 9.11. The Morgan fingerprint density at radius 2 is 1.67 bits per heavy atom. The first-order valence-electron chi connectivity index (χ1n) is 10.1. The summed E-state index contributed by atoms with van der Waals surface area (Å²) in [7, 11) is -2.79. The summed E-state index contributed by atoms with van der Waals surface area (Å²) in [5.74, 6) is 2.25. The van der Waals surface area contributed by atoms with Gasteiger partial charge in [0.05, 0.1) is 12.6 Å².